The Hall–Kier alpha value is -4.72. The molecular weight excluding hydrogens is 588 g/mol. The Morgan fingerprint density at radius 2 is 1.48 bits per heavy atom. The molecule has 0 amide bonds. The zero-order chi connectivity index (χ0) is 30.2. The van der Waals surface area contributed by atoms with Crippen molar-refractivity contribution in [1.82, 2.24) is 35.2 Å². The number of nitrogens with zero attached hydrogens (tertiary/aromatic N) is 7. The number of halogens is 7. The third-order valence-electron chi connectivity index (χ3n) is 6.05. The van der Waals surface area contributed by atoms with Gasteiger partial charge in [-0.1, -0.05) is 28.9 Å². The van der Waals surface area contributed by atoms with Crippen LogP contribution in [-0.4, -0.2) is 40.9 Å². The Bertz CT molecular complexity index is 1760. The molecule has 0 saturated carbocycles. The van der Waals surface area contributed by atoms with E-state index < -0.39 is 35.8 Å². The largest absolute Gasteiger partial charge is 0.416 e. The van der Waals surface area contributed by atoms with Crippen LogP contribution in [0.2, 0.25) is 5.02 Å². The average molecular weight is 604 g/mol. The number of aromatic nitrogens is 7. The highest BCUT2D eigenvalue weighted by atomic mass is 35.5. The second-order valence-electron chi connectivity index (χ2n) is 9.04. The summed E-state index contributed by atoms with van der Waals surface area (Å²) in [6.45, 7) is 1.05. The molecule has 0 saturated heterocycles. The van der Waals surface area contributed by atoms with Crippen molar-refractivity contribution >= 4 is 17.4 Å². The van der Waals surface area contributed by atoms with E-state index in [1.165, 1.54) is 36.9 Å². The first-order valence-electron chi connectivity index (χ1n) is 11.9. The molecule has 0 fully saturated rings. The van der Waals surface area contributed by atoms with Crippen molar-refractivity contribution in [3.8, 4) is 22.6 Å². The zero-order valence-corrected chi connectivity index (χ0v) is 22.0. The average Bonchev–Trinajstić information content (AvgIpc) is 3.35. The standard InChI is InChI=1S/C27H16ClF6N7O/c1-14-6-20(25(42)19-4-2-3-5-21(19)28)22(38-37-14)23-24(16-10-35-13-36-11-16)41(40-39-23)12-15-7-17(26(29,30)31)9-18(8-15)27(32,33)34/h2-11,13H,12H2,1H3. The summed E-state index contributed by atoms with van der Waals surface area (Å²) < 4.78 is 82.0. The lowest BCUT2D eigenvalue weighted by Crippen LogP contribution is -2.13. The molecular formula is C27H16ClF6N7O. The van der Waals surface area contributed by atoms with Crippen molar-refractivity contribution in [2.24, 2.45) is 0 Å². The maximum atomic E-state index is 13.6. The molecule has 8 nitrogen and oxygen atoms in total. The summed E-state index contributed by atoms with van der Waals surface area (Å²) in [6.07, 6.45) is -6.17. The predicted octanol–water partition coefficient (Wildman–Crippen LogP) is 6.47. The van der Waals surface area contributed by atoms with E-state index in [2.05, 4.69) is 30.5 Å². The van der Waals surface area contributed by atoms with Gasteiger partial charge in [0, 0.05) is 23.5 Å². The van der Waals surface area contributed by atoms with Gasteiger partial charge in [0.1, 0.15) is 23.4 Å². The van der Waals surface area contributed by atoms with Gasteiger partial charge < -0.3 is 0 Å². The number of carbonyl (C=O) groups is 1. The number of alkyl halides is 6. The highest BCUT2D eigenvalue weighted by molar-refractivity contribution is 6.35. The molecule has 3 aromatic heterocycles. The zero-order valence-electron chi connectivity index (χ0n) is 21.2. The van der Waals surface area contributed by atoms with Crippen molar-refractivity contribution in [2.45, 2.75) is 25.8 Å². The first-order valence-corrected chi connectivity index (χ1v) is 12.3. The molecule has 0 radical (unpaired) electrons. The number of benzene rings is 2. The molecule has 0 bridgehead atoms. The fourth-order valence-electron chi connectivity index (χ4n) is 4.20. The van der Waals surface area contributed by atoms with Crippen molar-refractivity contribution in [3.63, 3.8) is 0 Å². The molecule has 214 valence electrons. The molecule has 5 aromatic rings. The molecule has 0 aliphatic heterocycles. The van der Waals surface area contributed by atoms with E-state index in [-0.39, 0.29) is 50.4 Å². The third-order valence-corrected chi connectivity index (χ3v) is 6.38. The molecule has 15 heteroatoms. The lowest BCUT2D eigenvalue weighted by Gasteiger charge is -2.15. The summed E-state index contributed by atoms with van der Waals surface area (Å²) in [7, 11) is 0. The Morgan fingerprint density at radius 3 is 2.10 bits per heavy atom. The van der Waals surface area contributed by atoms with Crippen LogP contribution < -0.4 is 0 Å². The Morgan fingerprint density at radius 1 is 0.833 bits per heavy atom. The summed E-state index contributed by atoms with van der Waals surface area (Å²) >= 11 is 6.25. The maximum Gasteiger partial charge on any atom is 0.416 e. The summed E-state index contributed by atoms with van der Waals surface area (Å²) in [5.41, 5.74) is -2.47. The summed E-state index contributed by atoms with van der Waals surface area (Å²) in [4.78, 5) is 21.5. The van der Waals surface area contributed by atoms with Crippen molar-refractivity contribution < 1.29 is 31.1 Å². The lowest BCUT2D eigenvalue weighted by molar-refractivity contribution is -0.143. The molecule has 5 rings (SSSR count). The van der Waals surface area contributed by atoms with Gasteiger partial charge in [-0.05, 0) is 48.9 Å². The van der Waals surface area contributed by atoms with Crippen LogP contribution in [0, 0.1) is 6.92 Å². The molecule has 0 aliphatic rings. The molecule has 0 N–H and O–H groups in total. The van der Waals surface area contributed by atoms with Gasteiger partial charge in [-0.2, -0.15) is 31.4 Å². The summed E-state index contributed by atoms with van der Waals surface area (Å²) in [5.74, 6) is -0.522. The molecule has 3 heterocycles. The molecule has 2 aromatic carbocycles. The minimum absolute atomic E-state index is 0.0317. The van der Waals surface area contributed by atoms with E-state index >= 15 is 0 Å². The van der Waals surface area contributed by atoms with E-state index in [4.69, 9.17) is 11.6 Å². The van der Waals surface area contributed by atoms with Crippen molar-refractivity contribution in [3.05, 3.63) is 106 Å². The second kappa shape index (κ2) is 10.9. The monoisotopic (exact) mass is 603 g/mol. The fraction of sp³-hybridized carbons (Fsp3) is 0.148. The van der Waals surface area contributed by atoms with Crippen LogP contribution in [0.4, 0.5) is 26.3 Å². The van der Waals surface area contributed by atoms with Gasteiger partial charge in [-0.3, -0.25) is 4.79 Å². The van der Waals surface area contributed by atoms with Gasteiger partial charge in [-0.15, -0.1) is 10.2 Å². The van der Waals surface area contributed by atoms with Crippen molar-refractivity contribution in [1.29, 1.82) is 0 Å². The van der Waals surface area contributed by atoms with Crippen LogP contribution in [0.15, 0.2) is 67.3 Å². The minimum Gasteiger partial charge on any atom is -0.288 e. The van der Waals surface area contributed by atoms with Crippen LogP contribution in [-0.2, 0) is 18.9 Å². The minimum atomic E-state index is -5.04. The van der Waals surface area contributed by atoms with Gasteiger partial charge in [0.15, 0.2) is 5.78 Å². The summed E-state index contributed by atoms with van der Waals surface area (Å²) in [6, 6.07) is 9.00. The van der Waals surface area contributed by atoms with Gasteiger partial charge in [0.2, 0.25) is 0 Å². The van der Waals surface area contributed by atoms with Crippen molar-refractivity contribution in [2.75, 3.05) is 0 Å². The first-order chi connectivity index (χ1) is 19.8. The molecule has 0 unspecified atom stereocenters. The normalized spacial score (nSPS) is 12.0. The summed E-state index contributed by atoms with van der Waals surface area (Å²) in [5, 5.41) is 16.5. The lowest BCUT2D eigenvalue weighted by atomic mass is 9.98. The Balaban J connectivity index is 1.69. The number of aryl methyl sites for hydroxylation is 1. The molecule has 0 atom stereocenters. The van der Waals surface area contributed by atoms with Crippen LogP contribution in [0.3, 0.4) is 0 Å². The molecule has 0 spiro atoms. The van der Waals surface area contributed by atoms with Crippen LogP contribution in [0.1, 0.15) is 38.3 Å². The smallest absolute Gasteiger partial charge is 0.288 e. The van der Waals surface area contributed by atoms with E-state index in [9.17, 15) is 31.1 Å². The number of ketones is 1. The van der Waals surface area contributed by atoms with E-state index in [1.807, 2.05) is 0 Å². The molecule has 0 aliphatic carbocycles. The topological polar surface area (TPSA) is 99.3 Å². The quantitative estimate of drug-likeness (QED) is 0.162. The SMILES string of the molecule is Cc1cc(C(=O)c2ccccc2Cl)c(-c2nnn(Cc3cc(C(F)(F)F)cc(C(F)(F)F)c3)c2-c2cncnc2)nn1. The maximum absolute atomic E-state index is 13.6. The highest BCUT2D eigenvalue weighted by Gasteiger charge is 2.37. The number of hydrogen-bond acceptors (Lipinski definition) is 7. The predicted molar refractivity (Wildman–Crippen MR) is 137 cm³/mol. The van der Waals surface area contributed by atoms with E-state index in [0.717, 1.165) is 4.68 Å². The van der Waals surface area contributed by atoms with Crippen LogP contribution >= 0.6 is 11.6 Å². The van der Waals surface area contributed by atoms with Gasteiger partial charge in [0.25, 0.3) is 0 Å². The van der Waals surface area contributed by atoms with Gasteiger partial charge in [0.05, 0.1) is 34.0 Å². The second-order valence-corrected chi connectivity index (χ2v) is 9.45. The first kappa shape index (κ1) is 28.8. The third kappa shape index (κ3) is 5.84. The van der Waals surface area contributed by atoms with Gasteiger partial charge in [-0.25, -0.2) is 14.6 Å². The van der Waals surface area contributed by atoms with Crippen LogP contribution in [0.5, 0.6) is 0 Å². The van der Waals surface area contributed by atoms with Gasteiger partial charge >= 0.3 is 12.4 Å². The van der Waals surface area contributed by atoms with E-state index in [0.29, 0.717) is 17.8 Å². The van der Waals surface area contributed by atoms with Crippen LogP contribution in [0.25, 0.3) is 22.6 Å². The number of rotatable bonds is 6. The fourth-order valence-corrected chi connectivity index (χ4v) is 4.42. The Kier molecular flexibility index (Phi) is 7.49. The highest BCUT2D eigenvalue weighted by Crippen LogP contribution is 2.37. The van der Waals surface area contributed by atoms with E-state index in [1.54, 1.807) is 19.1 Å². The number of carbonyl (C=O) groups excluding carboxylic acids is 1. The molecule has 42 heavy (non-hydrogen) atoms. The Labute approximate surface area is 238 Å². The number of hydrogen-bond donors (Lipinski definition) is 0.